The summed E-state index contributed by atoms with van der Waals surface area (Å²) in [6, 6.07) is 3.12. The van der Waals surface area contributed by atoms with Crippen LogP contribution in [0.25, 0.3) is 0 Å². The molecule has 0 aromatic carbocycles. The SMILES string of the molecule is COc1ccc([N+](=O)[O-])c(NC2CCCNCC2)n1. The van der Waals surface area contributed by atoms with Crippen molar-refractivity contribution in [2.45, 2.75) is 25.3 Å². The van der Waals surface area contributed by atoms with Crippen LogP contribution in [0.1, 0.15) is 19.3 Å². The Balaban J connectivity index is 2.18. The molecule has 0 radical (unpaired) electrons. The van der Waals surface area contributed by atoms with Crippen molar-refractivity contribution in [3.05, 3.63) is 22.2 Å². The van der Waals surface area contributed by atoms with Crippen LogP contribution in [-0.4, -0.2) is 36.1 Å². The van der Waals surface area contributed by atoms with Gasteiger partial charge in [-0.2, -0.15) is 4.98 Å². The third kappa shape index (κ3) is 3.54. The Morgan fingerprint density at radius 1 is 1.47 bits per heavy atom. The molecule has 0 saturated carbocycles. The van der Waals surface area contributed by atoms with E-state index in [9.17, 15) is 10.1 Å². The molecule has 2 N–H and O–H groups in total. The first-order valence-corrected chi connectivity index (χ1v) is 6.37. The fraction of sp³-hybridized carbons (Fsp3) is 0.583. The molecule has 1 atom stereocenters. The molecule has 1 saturated heterocycles. The number of rotatable bonds is 4. The largest absolute Gasteiger partial charge is 0.481 e. The number of anilines is 1. The first kappa shape index (κ1) is 13.5. The molecule has 19 heavy (non-hydrogen) atoms. The van der Waals surface area contributed by atoms with Crippen molar-refractivity contribution in [2.24, 2.45) is 0 Å². The van der Waals surface area contributed by atoms with Crippen LogP contribution >= 0.6 is 0 Å². The smallest absolute Gasteiger partial charge is 0.311 e. The Labute approximate surface area is 111 Å². The fourth-order valence-corrected chi connectivity index (χ4v) is 2.16. The quantitative estimate of drug-likeness (QED) is 0.635. The van der Waals surface area contributed by atoms with E-state index in [4.69, 9.17) is 4.74 Å². The minimum Gasteiger partial charge on any atom is -0.481 e. The summed E-state index contributed by atoms with van der Waals surface area (Å²) in [7, 11) is 1.49. The number of ether oxygens (including phenoxy) is 1. The highest BCUT2D eigenvalue weighted by Crippen LogP contribution is 2.26. The van der Waals surface area contributed by atoms with Crippen LogP contribution in [0.5, 0.6) is 5.88 Å². The summed E-state index contributed by atoms with van der Waals surface area (Å²) in [5.74, 6) is 0.663. The van der Waals surface area contributed by atoms with Gasteiger partial charge in [0.25, 0.3) is 0 Å². The van der Waals surface area contributed by atoms with Crippen molar-refractivity contribution in [1.29, 1.82) is 0 Å². The van der Waals surface area contributed by atoms with Gasteiger partial charge in [0.05, 0.1) is 12.0 Å². The molecule has 7 heteroatoms. The Morgan fingerprint density at radius 2 is 2.32 bits per heavy atom. The van der Waals surface area contributed by atoms with Crippen molar-refractivity contribution in [1.82, 2.24) is 10.3 Å². The van der Waals surface area contributed by atoms with Crippen molar-refractivity contribution >= 4 is 11.5 Å². The Morgan fingerprint density at radius 3 is 3.05 bits per heavy atom. The second-order valence-corrected chi connectivity index (χ2v) is 4.50. The molecule has 1 aliphatic rings. The maximum Gasteiger partial charge on any atom is 0.311 e. The third-order valence-electron chi connectivity index (χ3n) is 3.17. The van der Waals surface area contributed by atoms with Gasteiger partial charge in [0, 0.05) is 18.2 Å². The summed E-state index contributed by atoms with van der Waals surface area (Å²) in [6.07, 6.45) is 2.95. The summed E-state index contributed by atoms with van der Waals surface area (Å²) in [6.45, 7) is 1.90. The number of nitrogens with one attached hydrogen (secondary N) is 2. The number of hydrogen-bond acceptors (Lipinski definition) is 6. The number of pyridine rings is 1. The summed E-state index contributed by atoms with van der Waals surface area (Å²) >= 11 is 0. The lowest BCUT2D eigenvalue weighted by Crippen LogP contribution is -2.22. The standard InChI is InChI=1S/C12H18N4O3/c1-19-11-5-4-10(16(17)18)12(15-11)14-9-3-2-7-13-8-6-9/h4-5,9,13H,2-3,6-8H2,1H3,(H,14,15). The molecule has 0 spiro atoms. The average molecular weight is 266 g/mol. The van der Waals surface area contributed by atoms with E-state index in [-0.39, 0.29) is 17.5 Å². The predicted octanol–water partition coefficient (Wildman–Crippen LogP) is 1.55. The number of hydrogen-bond donors (Lipinski definition) is 2. The monoisotopic (exact) mass is 266 g/mol. The molecule has 0 aliphatic carbocycles. The zero-order chi connectivity index (χ0) is 13.7. The first-order valence-electron chi connectivity index (χ1n) is 6.37. The van der Waals surface area contributed by atoms with Gasteiger partial charge >= 0.3 is 5.69 Å². The lowest BCUT2D eigenvalue weighted by Gasteiger charge is -2.16. The zero-order valence-corrected chi connectivity index (χ0v) is 10.9. The van der Waals surface area contributed by atoms with Crippen LogP contribution in [0.15, 0.2) is 12.1 Å². The van der Waals surface area contributed by atoms with Gasteiger partial charge in [0.15, 0.2) is 0 Å². The van der Waals surface area contributed by atoms with E-state index >= 15 is 0 Å². The molecule has 7 nitrogen and oxygen atoms in total. The second kappa shape index (κ2) is 6.33. The molecular formula is C12H18N4O3. The van der Waals surface area contributed by atoms with Crippen LogP contribution in [0, 0.1) is 10.1 Å². The minimum atomic E-state index is -0.427. The zero-order valence-electron chi connectivity index (χ0n) is 10.9. The van der Waals surface area contributed by atoms with E-state index in [1.54, 1.807) is 0 Å². The number of nitro groups is 1. The molecule has 2 heterocycles. The van der Waals surface area contributed by atoms with Gasteiger partial charge in [-0.1, -0.05) is 0 Å². The summed E-state index contributed by atoms with van der Waals surface area (Å²) < 4.78 is 5.02. The van der Waals surface area contributed by atoms with Crippen LogP contribution in [0.4, 0.5) is 11.5 Å². The molecule has 0 bridgehead atoms. The second-order valence-electron chi connectivity index (χ2n) is 4.50. The molecule has 104 valence electrons. The Hall–Kier alpha value is -1.89. The molecule has 2 rings (SSSR count). The number of aromatic nitrogens is 1. The maximum atomic E-state index is 11.0. The summed E-state index contributed by atoms with van der Waals surface area (Å²) in [5.41, 5.74) is -0.0157. The molecule has 1 aliphatic heterocycles. The third-order valence-corrected chi connectivity index (χ3v) is 3.17. The van der Waals surface area contributed by atoms with Gasteiger partial charge in [-0.15, -0.1) is 0 Å². The van der Waals surface area contributed by atoms with Crippen LogP contribution in [-0.2, 0) is 0 Å². The predicted molar refractivity (Wildman–Crippen MR) is 71.6 cm³/mol. The van der Waals surface area contributed by atoms with Gasteiger partial charge in [0.1, 0.15) is 0 Å². The highest BCUT2D eigenvalue weighted by atomic mass is 16.6. The average Bonchev–Trinajstić information content (AvgIpc) is 2.67. The highest BCUT2D eigenvalue weighted by molar-refractivity contribution is 5.57. The highest BCUT2D eigenvalue weighted by Gasteiger charge is 2.20. The van der Waals surface area contributed by atoms with E-state index in [0.29, 0.717) is 5.88 Å². The number of nitrogens with zero attached hydrogens (tertiary/aromatic N) is 2. The molecule has 1 aromatic heterocycles. The lowest BCUT2D eigenvalue weighted by atomic mass is 10.1. The molecule has 1 fully saturated rings. The van der Waals surface area contributed by atoms with Gasteiger partial charge < -0.3 is 15.4 Å². The number of methoxy groups -OCH3 is 1. The van der Waals surface area contributed by atoms with Crippen molar-refractivity contribution in [3.8, 4) is 5.88 Å². The Bertz CT molecular complexity index is 445. The van der Waals surface area contributed by atoms with Crippen molar-refractivity contribution in [3.63, 3.8) is 0 Å². The van der Waals surface area contributed by atoms with E-state index in [0.717, 1.165) is 32.4 Å². The maximum absolute atomic E-state index is 11.0. The van der Waals surface area contributed by atoms with E-state index in [2.05, 4.69) is 15.6 Å². The summed E-state index contributed by atoms with van der Waals surface area (Å²) in [5, 5.41) is 17.5. The Kier molecular flexibility index (Phi) is 4.51. The fourth-order valence-electron chi connectivity index (χ4n) is 2.16. The normalized spacial score (nSPS) is 19.5. The topological polar surface area (TPSA) is 89.3 Å². The lowest BCUT2D eigenvalue weighted by molar-refractivity contribution is -0.384. The molecular weight excluding hydrogens is 248 g/mol. The van der Waals surface area contributed by atoms with Crippen molar-refractivity contribution in [2.75, 3.05) is 25.5 Å². The minimum absolute atomic E-state index is 0.0157. The van der Waals surface area contributed by atoms with E-state index < -0.39 is 4.92 Å². The van der Waals surface area contributed by atoms with Gasteiger partial charge in [-0.25, -0.2) is 0 Å². The van der Waals surface area contributed by atoms with Gasteiger partial charge in [0.2, 0.25) is 11.7 Å². The van der Waals surface area contributed by atoms with Crippen molar-refractivity contribution < 1.29 is 9.66 Å². The van der Waals surface area contributed by atoms with Crippen LogP contribution < -0.4 is 15.4 Å². The first-order chi connectivity index (χ1) is 9.20. The summed E-state index contributed by atoms with van der Waals surface area (Å²) in [4.78, 5) is 14.7. The van der Waals surface area contributed by atoms with E-state index in [1.807, 2.05) is 0 Å². The van der Waals surface area contributed by atoms with Crippen LogP contribution in [0.2, 0.25) is 0 Å². The molecule has 0 amide bonds. The van der Waals surface area contributed by atoms with E-state index in [1.165, 1.54) is 19.2 Å². The van der Waals surface area contributed by atoms with Crippen LogP contribution in [0.3, 0.4) is 0 Å². The van der Waals surface area contributed by atoms with Gasteiger partial charge in [-0.3, -0.25) is 10.1 Å². The van der Waals surface area contributed by atoms with Gasteiger partial charge in [-0.05, 0) is 32.4 Å². The molecule has 1 aromatic rings. The molecule has 1 unspecified atom stereocenters.